The molecule has 0 bridgehead atoms. The summed E-state index contributed by atoms with van der Waals surface area (Å²) in [4.78, 5) is 17.4. The number of rotatable bonds is 5. The molecule has 2 aromatic carbocycles. The van der Waals surface area contributed by atoms with E-state index in [1.165, 1.54) is 0 Å². The number of hydrogen-bond donors (Lipinski definition) is 2. The van der Waals surface area contributed by atoms with Crippen molar-refractivity contribution >= 4 is 11.6 Å². The van der Waals surface area contributed by atoms with Gasteiger partial charge in [0.15, 0.2) is 0 Å². The number of nitrogens with zero attached hydrogens (tertiary/aromatic N) is 3. The number of aromatic nitrogens is 3. The first-order chi connectivity index (χ1) is 14.7. The van der Waals surface area contributed by atoms with Crippen LogP contribution in [0.3, 0.4) is 0 Å². The van der Waals surface area contributed by atoms with Gasteiger partial charge in [-0.3, -0.25) is 14.9 Å². The Morgan fingerprint density at radius 3 is 2.57 bits per heavy atom. The van der Waals surface area contributed by atoms with Gasteiger partial charge < -0.3 is 5.32 Å². The van der Waals surface area contributed by atoms with E-state index in [0.717, 1.165) is 22.4 Å². The summed E-state index contributed by atoms with van der Waals surface area (Å²) < 4.78 is 0. The largest absolute Gasteiger partial charge is 0.322 e. The lowest BCUT2D eigenvalue weighted by Gasteiger charge is -2.12. The molecule has 0 aliphatic heterocycles. The number of benzene rings is 2. The Labute approximate surface area is 173 Å². The van der Waals surface area contributed by atoms with Crippen molar-refractivity contribution in [2.75, 3.05) is 0 Å². The summed E-state index contributed by atoms with van der Waals surface area (Å²) in [5.74, 6) is -0.310. The summed E-state index contributed by atoms with van der Waals surface area (Å²) >= 11 is 0. The van der Waals surface area contributed by atoms with E-state index in [1.807, 2.05) is 42.5 Å². The second-order valence-corrected chi connectivity index (χ2v) is 6.59. The molecule has 0 aliphatic carbocycles. The van der Waals surface area contributed by atoms with Crippen LogP contribution in [0, 0.1) is 11.3 Å². The van der Waals surface area contributed by atoms with Crippen LogP contribution in [0.4, 0.5) is 0 Å². The first kappa shape index (κ1) is 18.8. The topological polar surface area (TPSA) is 94.5 Å². The van der Waals surface area contributed by atoms with Gasteiger partial charge in [0.2, 0.25) is 0 Å². The molecule has 4 rings (SSSR count). The van der Waals surface area contributed by atoms with E-state index in [4.69, 9.17) is 0 Å². The normalized spacial score (nSPS) is 10.2. The SMILES string of the molecule is C=C(NC(=O)c1cc(-c2ccccn2)cc(-c2ccccc2C#N)c1)c1cn[nH]c1. The number of nitrogens with one attached hydrogen (secondary N) is 2. The van der Waals surface area contributed by atoms with Crippen molar-refractivity contribution < 1.29 is 4.79 Å². The van der Waals surface area contributed by atoms with Crippen LogP contribution in [-0.4, -0.2) is 21.1 Å². The summed E-state index contributed by atoms with van der Waals surface area (Å²) in [5, 5.41) is 18.9. The molecule has 0 radical (unpaired) electrons. The molecule has 0 saturated carbocycles. The molecule has 0 saturated heterocycles. The molecule has 2 heterocycles. The third kappa shape index (κ3) is 3.86. The number of aromatic amines is 1. The van der Waals surface area contributed by atoms with E-state index in [-0.39, 0.29) is 5.91 Å². The maximum Gasteiger partial charge on any atom is 0.255 e. The molecule has 0 spiro atoms. The van der Waals surface area contributed by atoms with Crippen molar-refractivity contribution in [3.8, 4) is 28.5 Å². The van der Waals surface area contributed by atoms with Crippen LogP contribution in [0.1, 0.15) is 21.5 Å². The molecular weight excluding hydrogens is 374 g/mol. The van der Waals surface area contributed by atoms with Gasteiger partial charge in [0, 0.05) is 34.8 Å². The lowest BCUT2D eigenvalue weighted by atomic mass is 9.95. The minimum Gasteiger partial charge on any atom is -0.322 e. The minimum atomic E-state index is -0.310. The van der Waals surface area contributed by atoms with Crippen LogP contribution in [0.5, 0.6) is 0 Å². The highest BCUT2D eigenvalue weighted by atomic mass is 16.1. The number of pyridine rings is 1. The Morgan fingerprint density at radius 2 is 1.83 bits per heavy atom. The average Bonchev–Trinajstić information content (AvgIpc) is 3.34. The van der Waals surface area contributed by atoms with Crippen molar-refractivity contribution in [3.05, 3.63) is 103 Å². The van der Waals surface area contributed by atoms with E-state index < -0.39 is 0 Å². The number of amides is 1. The summed E-state index contributed by atoms with van der Waals surface area (Å²) in [6.45, 7) is 3.90. The zero-order chi connectivity index (χ0) is 20.9. The smallest absolute Gasteiger partial charge is 0.255 e. The van der Waals surface area contributed by atoms with Crippen LogP contribution in [-0.2, 0) is 0 Å². The van der Waals surface area contributed by atoms with Crippen LogP contribution >= 0.6 is 0 Å². The van der Waals surface area contributed by atoms with Gasteiger partial charge in [-0.1, -0.05) is 30.8 Å². The second kappa shape index (κ2) is 8.25. The van der Waals surface area contributed by atoms with Gasteiger partial charge in [0.05, 0.1) is 23.5 Å². The van der Waals surface area contributed by atoms with Crippen molar-refractivity contribution in [2.45, 2.75) is 0 Å². The zero-order valence-electron chi connectivity index (χ0n) is 16.0. The number of carbonyl (C=O) groups is 1. The summed E-state index contributed by atoms with van der Waals surface area (Å²) in [7, 11) is 0. The van der Waals surface area contributed by atoms with Gasteiger partial charge >= 0.3 is 0 Å². The fourth-order valence-corrected chi connectivity index (χ4v) is 3.13. The van der Waals surface area contributed by atoms with Crippen LogP contribution in [0.2, 0.25) is 0 Å². The summed E-state index contributed by atoms with van der Waals surface area (Å²) in [6.07, 6.45) is 4.94. The molecule has 1 amide bonds. The predicted molar refractivity (Wildman–Crippen MR) is 115 cm³/mol. The van der Waals surface area contributed by atoms with E-state index in [0.29, 0.717) is 22.4 Å². The van der Waals surface area contributed by atoms with Gasteiger partial charge in [-0.25, -0.2) is 0 Å². The summed E-state index contributed by atoms with van der Waals surface area (Å²) in [5.41, 5.74) is 5.12. The number of H-pyrrole nitrogens is 1. The Kier molecular flexibility index (Phi) is 5.18. The van der Waals surface area contributed by atoms with Crippen LogP contribution < -0.4 is 5.32 Å². The molecule has 0 unspecified atom stereocenters. The minimum absolute atomic E-state index is 0.310. The molecule has 6 heteroatoms. The van der Waals surface area contributed by atoms with Crippen molar-refractivity contribution in [2.24, 2.45) is 0 Å². The molecule has 30 heavy (non-hydrogen) atoms. The molecule has 0 atom stereocenters. The molecule has 2 aromatic heterocycles. The Balaban J connectivity index is 1.79. The van der Waals surface area contributed by atoms with Crippen molar-refractivity contribution in [3.63, 3.8) is 0 Å². The lowest BCUT2D eigenvalue weighted by molar-refractivity contribution is 0.0974. The Morgan fingerprint density at radius 1 is 1.03 bits per heavy atom. The van der Waals surface area contributed by atoms with Gasteiger partial charge in [0.1, 0.15) is 0 Å². The molecule has 2 N–H and O–H groups in total. The maximum atomic E-state index is 13.0. The fourth-order valence-electron chi connectivity index (χ4n) is 3.13. The quantitative estimate of drug-likeness (QED) is 0.527. The van der Waals surface area contributed by atoms with Crippen LogP contribution in [0.15, 0.2) is 85.8 Å². The van der Waals surface area contributed by atoms with E-state index in [1.54, 1.807) is 36.8 Å². The fraction of sp³-hybridized carbons (Fsp3) is 0. The first-order valence-corrected chi connectivity index (χ1v) is 9.21. The Bertz CT molecular complexity index is 1250. The van der Waals surface area contributed by atoms with E-state index >= 15 is 0 Å². The first-order valence-electron chi connectivity index (χ1n) is 9.21. The van der Waals surface area contributed by atoms with E-state index in [9.17, 15) is 10.1 Å². The highest BCUT2D eigenvalue weighted by molar-refractivity contribution is 6.01. The van der Waals surface area contributed by atoms with Gasteiger partial charge in [-0.05, 0) is 47.5 Å². The second-order valence-electron chi connectivity index (χ2n) is 6.59. The average molecular weight is 391 g/mol. The molecule has 6 nitrogen and oxygen atoms in total. The number of nitriles is 1. The van der Waals surface area contributed by atoms with Crippen molar-refractivity contribution in [1.82, 2.24) is 20.5 Å². The van der Waals surface area contributed by atoms with Crippen LogP contribution in [0.25, 0.3) is 28.1 Å². The van der Waals surface area contributed by atoms with E-state index in [2.05, 4.69) is 33.1 Å². The number of carbonyl (C=O) groups excluding carboxylic acids is 1. The highest BCUT2D eigenvalue weighted by Crippen LogP contribution is 2.29. The number of hydrogen-bond acceptors (Lipinski definition) is 4. The molecular formula is C24H17N5O. The van der Waals surface area contributed by atoms with Gasteiger partial charge in [-0.15, -0.1) is 0 Å². The third-order valence-corrected chi connectivity index (χ3v) is 4.63. The van der Waals surface area contributed by atoms with Gasteiger partial charge in [-0.2, -0.15) is 10.4 Å². The molecule has 4 aromatic rings. The lowest BCUT2D eigenvalue weighted by Crippen LogP contribution is -2.21. The summed E-state index contributed by atoms with van der Waals surface area (Å²) in [6, 6.07) is 20.6. The molecule has 0 aliphatic rings. The van der Waals surface area contributed by atoms with Crippen molar-refractivity contribution in [1.29, 1.82) is 5.26 Å². The zero-order valence-corrected chi connectivity index (χ0v) is 16.0. The predicted octanol–water partition coefficient (Wildman–Crippen LogP) is 4.41. The standard InChI is InChI=1S/C24H17N5O/c1-16(21-14-27-28-15-21)29-24(30)20-11-18(22-7-3-2-6-17(22)13-25)10-19(12-20)23-8-4-5-9-26-23/h2-12,14-15H,1H2,(H,27,28)(H,29,30). The van der Waals surface area contributed by atoms with Gasteiger partial charge in [0.25, 0.3) is 5.91 Å². The highest BCUT2D eigenvalue weighted by Gasteiger charge is 2.14. The third-order valence-electron chi connectivity index (χ3n) is 4.63. The molecule has 0 fully saturated rings. The maximum absolute atomic E-state index is 13.0. The monoisotopic (exact) mass is 391 g/mol. The molecule has 144 valence electrons. The Hall–Kier alpha value is -4.50.